The number of amides is 1. The van der Waals surface area contributed by atoms with Gasteiger partial charge in [0.05, 0.1) is 4.92 Å². The fourth-order valence-electron chi connectivity index (χ4n) is 1.35. The van der Waals surface area contributed by atoms with Gasteiger partial charge in [0.1, 0.15) is 0 Å². The molecular formula is C11H15N3O3. The first-order valence-corrected chi connectivity index (χ1v) is 5.32. The summed E-state index contributed by atoms with van der Waals surface area (Å²) in [5.41, 5.74) is 0.423. The summed E-state index contributed by atoms with van der Waals surface area (Å²) in [4.78, 5) is 21.5. The molecule has 1 amide bonds. The third-order valence-corrected chi connectivity index (χ3v) is 2.17. The normalized spacial score (nSPS) is 9.94. The topological polar surface area (TPSA) is 84.3 Å². The van der Waals surface area contributed by atoms with Crippen LogP contribution in [0, 0.1) is 10.1 Å². The number of rotatable bonds is 6. The molecule has 0 fully saturated rings. The van der Waals surface area contributed by atoms with E-state index in [1.807, 2.05) is 7.05 Å². The maximum atomic E-state index is 11.5. The zero-order chi connectivity index (χ0) is 12.7. The van der Waals surface area contributed by atoms with Gasteiger partial charge in [0.25, 0.3) is 5.69 Å². The van der Waals surface area contributed by atoms with Crippen LogP contribution in [0.1, 0.15) is 12.8 Å². The number of nitro benzene ring substituents is 1. The summed E-state index contributed by atoms with van der Waals surface area (Å²) in [7, 11) is 1.82. The summed E-state index contributed by atoms with van der Waals surface area (Å²) in [6.07, 6.45) is 1.13. The van der Waals surface area contributed by atoms with Crippen LogP contribution >= 0.6 is 0 Å². The predicted octanol–water partition coefficient (Wildman–Crippen LogP) is 1.53. The SMILES string of the molecule is CNCCCC(=O)Nc1cccc([N+](=O)[O-])c1. The van der Waals surface area contributed by atoms with Crippen molar-refractivity contribution in [3.8, 4) is 0 Å². The number of nitro groups is 1. The predicted molar refractivity (Wildman–Crippen MR) is 64.9 cm³/mol. The summed E-state index contributed by atoms with van der Waals surface area (Å²) < 4.78 is 0. The molecule has 0 heterocycles. The third kappa shape index (κ3) is 4.60. The average Bonchev–Trinajstić information content (AvgIpc) is 2.29. The molecule has 17 heavy (non-hydrogen) atoms. The summed E-state index contributed by atoms with van der Waals surface area (Å²) in [6.45, 7) is 0.766. The number of benzene rings is 1. The lowest BCUT2D eigenvalue weighted by atomic mass is 10.2. The van der Waals surface area contributed by atoms with Gasteiger partial charge in [-0.1, -0.05) is 6.07 Å². The van der Waals surface area contributed by atoms with Crippen molar-refractivity contribution < 1.29 is 9.72 Å². The molecule has 0 aliphatic carbocycles. The molecule has 0 unspecified atom stereocenters. The zero-order valence-corrected chi connectivity index (χ0v) is 9.60. The number of carbonyl (C=O) groups is 1. The maximum absolute atomic E-state index is 11.5. The first-order chi connectivity index (χ1) is 8.13. The molecule has 1 rings (SSSR count). The van der Waals surface area contributed by atoms with Gasteiger partial charge >= 0.3 is 0 Å². The highest BCUT2D eigenvalue weighted by atomic mass is 16.6. The van der Waals surface area contributed by atoms with E-state index < -0.39 is 4.92 Å². The van der Waals surface area contributed by atoms with Crippen LogP contribution < -0.4 is 10.6 Å². The Morgan fingerprint density at radius 3 is 2.88 bits per heavy atom. The molecule has 0 spiro atoms. The second-order valence-electron chi connectivity index (χ2n) is 3.56. The molecule has 6 heteroatoms. The second-order valence-corrected chi connectivity index (χ2v) is 3.56. The van der Waals surface area contributed by atoms with Crippen molar-refractivity contribution in [1.29, 1.82) is 0 Å². The fourth-order valence-corrected chi connectivity index (χ4v) is 1.35. The van der Waals surface area contributed by atoms with E-state index in [-0.39, 0.29) is 11.6 Å². The molecule has 0 saturated heterocycles. The van der Waals surface area contributed by atoms with Crippen LogP contribution in [0.25, 0.3) is 0 Å². The van der Waals surface area contributed by atoms with E-state index in [1.165, 1.54) is 12.1 Å². The smallest absolute Gasteiger partial charge is 0.271 e. The van der Waals surface area contributed by atoms with Crippen molar-refractivity contribution in [1.82, 2.24) is 5.32 Å². The van der Waals surface area contributed by atoms with E-state index in [9.17, 15) is 14.9 Å². The summed E-state index contributed by atoms with van der Waals surface area (Å²) in [5.74, 6) is -0.138. The highest BCUT2D eigenvalue weighted by Gasteiger charge is 2.07. The molecule has 0 aliphatic heterocycles. The molecule has 0 bridgehead atoms. The van der Waals surface area contributed by atoms with Gasteiger partial charge in [0, 0.05) is 24.2 Å². The second kappa shape index (κ2) is 6.59. The quantitative estimate of drug-likeness (QED) is 0.446. The van der Waals surface area contributed by atoms with Crippen molar-refractivity contribution in [2.45, 2.75) is 12.8 Å². The van der Waals surface area contributed by atoms with Gasteiger partial charge in [-0.3, -0.25) is 14.9 Å². The molecule has 0 aromatic heterocycles. The number of nitrogens with zero attached hydrogens (tertiary/aromatic N) is 1. The molecule has 6 nitrogen and oxygen atoms in total. The standard InChI is InChI=1S/C11H15N3O3/c1-12-7-3-6-11(15)13-9-4-2-5-10(8-9)14(16)17/h2,4-5,8,12H,3,6-7H2,1H3,(H,13,15). The Kier molecular flexibility index (Phi) is 5.09. The molecule has 0 atom stereocenters. The van der Waals surface area contributed by atoms with Crippen LogP contribution in [0.2, 0.25) is 0 Å². The summed E-state index contributed by atoms with van der Waals surface area (Å²) >= 11 is 0. The van der Waals surface area contributed by atoms with E-state index in [4.69, 9.17) is 0 Å². The Hall–Kier alpha value is -1.95. The van der Waals surface area contributed by atoms with Crippen LogP contribution in [0.15, 0.2) is 24.3 Å². The lowest BCUT2D eigenvalue weighted by Crippen LogP contribution is -2.15. The van der Waals surface area contributed by atoms with E-state index in [1.54, 1.807) is 12.1 Å². The number of anilines is 1. The lowest BCUT2D eigenvalue weighted by molar-refractivity contribution is -0.384. The van der Waals surface area contributed by atoms with Crippen molar-refractivity contribution in [3.05, 3.63) is 34.4 Å². The summed E-state index contributed by atoms with van der Waals surface area (Å²) in [5, 5.41) is 16.1. The molecule has 0 radical (unpaired) electrons. The Bertz CT molecular complexity index is 407. The van der Waals surface area contributed by atoms with Crippen molar-refractivity contribution in [2.24, 2.45) is 0 Å². The Morgan fingerprint density at radius 2 is 2.24 bits per heavy atom. The number of nitrogens with one attached hydrogen (secondary N) is 2. The minimum Gasteiger partial charge on any atom is -0.326 e. The molecular weight excluding hydrogens is 222 g/mol. The Morgan fingerprint density at radius 1 is 1.47 bits per heavy atom. The highest BCUT2D eigenvalue weighted by molar-refractivity contribution is 5.90. The van der Waals surface area contributed by atoms with E-state index in [2.05, 4.69) is 10.6 Å². The minimum absolute atomic E-state index is 0.0296. The Balaban J connectivity index is 2.53. The molecule has 0 saturated carbocycles. The monoisotopic (exact) mass is 237 g/mol. The number of carbonyl (C=O) groups excluding carboxylic acids is 1. The van der Waals surface area contributed by atoms with Gasteiger partial charge in [0.15, 0.2) is 0 Å². The van der Waals surface area contributed by atoms with E-state index in [0.717, 1.165) is 13.0 Å². The van der Waals surface area contributed by atoms with Gasteiger partial charge in [0.2, 0.25) is 5.91 Å². The van der Waals surface area contributed by atoms with Crippen LogP contribution in [0.4, 0.5) is 11.4 Å². The first-order valence-electron chi connectivity index (χ1n) is 5.32. The number of hydrogen-bond acceptors (Lipinski definition) is 4. The highest BCUT2D eigenvalue weighted by Crippen LogP contribution is 2.17. The Labute approximate surface area is 99.2 Å². The minimum atomic E-state index is -0.489. The molecule has 1 aromatic carbocycles. The number of hydrogen-bond donors (Lipinski definition) is 2. The molecule has 1 aromatic rings. The van der Waals surface area contributed by atoms with E-state index in [0.29, 0.717) is 12.1 Å². The fraction of sp³-hybridized carbons (Fsp3) is 0.364. The average molecular weight is 237 g/mol. The number of non-ortho nitro benzene ring substituents is 1. The van der Waals surface area contributed by atoms with Gasteiger partial charge < -0.3 is 10.6 Å². The largest absolute Gasteiger partial charge is 0.326 e. The summed E-state index contributed by atoms with van der Waals surface area (Å²) in [6, 6.07) is 5.90. The van der Waals surface area contributed by atoms with E-state index >= 15 is 0 Å². The van der Waals surface area contributed by atoms with Crippen LogP contribution in [0.3, 0.4) is 0 Å². The van der Waals surface area contributed by atoms with Gasteiger partial charge in [-0.05, 0) is 26.1 Å². The van der Waals surface area contributed by atoms with Crippen molar-refractivity contribution in [3.63, 3.8) is 0 Å². The zero-order valence-electron chi connectivity index (χ0n) is 9.60. The van der Waals surface area contributed by atoms with Crippen molar-refractivity contribution >= 4 is 17.3 Å². The maximum Gasteiger partial charge on any atom is 0.271 e. The van der Waals surface area contributed by atoms with Gasteiger partial charge in [-0.25, -0.2) is 0 Å². The van der Waals surface area contributed by atoms with Crippen LogP contribution in [-0.2, 0) is 4.79 Å². The molecule has 92 valence electrons. The third-order valence-electron chi connectivity index (χ3n) is 2.17. The van der Waals surface area contributed by atoms with Gasteiger partial charge in [-0.15, -0.1) is 0 Å². The molecule has 0 aliphatic rings. The van der Waals surface area contributed by atoms with Crippen LogP contribution in [-0.4, -0.2) is 24.4 Å². The van der Waals surface area contributed by atoms with Crippen LogP contribution in [0.5, 0.6) is 0 Å². The van der Waals surface area contributed by atoms with Gasteiger partial charge in [-0.2, -0.15) is 0 Å². The van der Waals surface area contributed by atoms with Crippen molar-refractivity contribution in [2.75, 3.05) is 18.9 Å². The lowest BCUT2D eigenvalue weighted by Gasteiger charge is -2.04. The molecule has 2 N–H and O–H groups in total. The first kappa shape index (κ1) is 13.1.